The van der Waals surface area contributed by atoms with E-state index in [9.17, 15) is 13.2 Å². The number of hydrogen-bond donors (Lipinski definition) is 1. The molecule has 0 aliphatic carbocycles. The molecule has 0 aliphatic rings. The van der Waals surface area contributed by atoms with Crippen LogP contribution in [-0.4, -0.2) is 24.6 Å². The standard InChI is InChI=1S/C20H19N3O3S3/c1-2-12-23-17-11-10-16(29(21,25)26)14-18(17)28-20(23)22-19(24)9-6-13-27-15-7-4-3-5-8-15/h1,3-5,7-8,10-11,14H,6,9,12-13H2,(H2,21,25,26). The number of nitrogens with zero attached hydrogens (tertiary/aromatic N) is 2. The summed E-state index contributed by atoms with van der Waals surface area (Å²) in [6.45, 7) is 0.227. The number of carbonyl (C=O) groups is 1. The zero-order valence-corrected chi connectivity index (χ0v) is 17.9. The molecule has 3 aromatic rings. The summed E-state index contributed by atoms with van der Waals surface area (Å²) in [7, 11) is -3.81. The summed E-state index contributed by atoms with van der Waals surface area (Å²) in [6.07, 6.45) is 6.48. The monoisotopic (exact) mass is 445 g/mol. The summed E-state index contributed by atoms with van der Waals surface area (Å²) in [5.41, 5.74) is 0.714. The minimum absolute atomic E-state index is 0.00919. The van der Waals surface area contributed by atoms with Crippen LogP contribution in [0.1, 0.15) is 12.8 Å². The van der Waals surface area contributed by atoms with E-state index in [4.69, 9.17) is 11.6 Å². The van der Waals surface area contributed by atoms with Crippen LogP contribution in [0.3, 0.4) is 0 Å². The highest BCUT2D eigenvalue weighted by atomic mass is 32.2. The molecule has 6 nitrogen and oxygen atoms in total. The summed E-state index contributed by atoms with van der Waals surface area (Å²) in [5, 5.41) is 5.20. The van der Waals surface area contributed by atoms with Crippen molar-refractivity contribution in [1.82, 2.24) is 4.57 Å². The molecule has 1 amide bonds. The molecular weight excluding hydrogens is 426 g/mol. The number of hydrogen-bond acceptors (Lipinski definition) is 5. The van der Waals surface area contributed by atoms with E-state index in [-0.39, 0.29) is 17.3 Å². The number of thioether (sulfide) groups is 1. The van der Waals surface area contributed by atoms with Crippen molar-refractivity contribution in [1.29, 1.82) is 0 Å². The van der Waals surface area contributed by atoms with Gasteiger partial charge in [-0.15, -0.1) is 18.2 Å². The molecule has 3 rings (SSSR count). The van der Waals surface area contributed by atoms with Gasteiger partial charge in [0.15, 0.2) is 4.80 Å². The number of nitrogens with two attached hydrogens (primary N) is 1. The van der Waals surface area contributed by atoms with Crippen LogP contribution in [0.4, 0.5) is 0 Å². The third-order valence-electron chi connectivity index (χ3n) is 4.00. The topological polar surface area (TPSA) is 94.5 Å². The molecule has 0 fully saturated rings. The van der Waals surface area contributed by atoms with Crippen LogP contribution in [0, 0.1) is 12.3 Å². The Morgan fingerprint density at radius 3 is 2.69 bits per heavy atom. The van der Waals surface area contributed by atoms with Crippen LogP contribution >= 0.6 is 23.1 Å². The van der Waals surface area contributed by atoms with Crippen molar-refractivity contribution < 1.29 is 13.2 Å². The Morgan fingerprint density at radius 2 is 2.00 bits per heavy atom. The van der Waals surface area contributed by atoms with E-state index in [1.54, 1.807) is 22.4 Å². The fraction of sp³-hybridized carbons (Fsp3) is 0.200. The molecule has 0 aliphatic heterocycles. The number of amides is 1. The Kier molecular flexibility index (Phi) is 6.92. The maximum absolute atomic E-state index is 12.3. The number of primary sulfonamides is 1. The molecule has 29 heavy (non-hydrogen) atoms. The minimum atomic E-state index is -3.81. The normalized spacial score (nSPS) is 12.2. The van der Waals surface area contributed by atoms with Crippen molar-refractivity contribution in [2.75, 3.05) is 5.75 Å². The average Bonchev–Trinajstić information content (AvgIpc) is 3.02. The van der Waals surface area contributed by atoms with Gasteiger partial charge in [-0.05, 0) is 42.5 Å². The van der Waals surface area contributed by atoms with Gasteiger partial charge in [-0.2, -0.15) is 4.99 Å². The Bertz CT molecular complexity index is 1240. The third kappa shape index (κ3) is 5.58. The second kappa shape index (κ2) is 9.41. The molecular formula is C20H19N3O3S3. The highest BCUT2D eigenvalue weighted by molar-refractivity contribution is 7.99. The van der Waals surface area contributed by atoms with Gasteiger partial charge in [-0.3, -0.25) is 4.79 Å². The third-order valence-corrected chi connectivity index (χ3v) is 7.05. The minimum Gasteiger partial charge on any atom is -0.305 e. The van der Waals surface area contributed by atoms with E-state index in [0.717, 1.165) is 5.75 Å². The lowest BCUT2D eigenvalue weighted by Gasteiger charge is -2.01. The van der Waals surface area contributed by atoms with Crippen molar-refractivity contribution in [2.24, 2.45) is 10.1 Å². The molecule has 0 radical (unpaired) electrons. The van der Waals surface area contributed by atoms with E-state index in [2.05, 4.69) is 10.9 Å². The first kappa shape index (κ1) is 21.3. The Morgan fingerprint density at radius 1 is 1.24 bits per heavy atom. The SMILES string of the molecule is C#CCn1c(=NC(=O)CCCSc2ccccc2)sc2cc(S(N)(=O)=O)ccc21. The van der Waals surface area contributed by atoms with Crippen molar-refractivity contribution in [3.8, 4) is 12.3 Å². The molecule has 2 N–H and O–H groups in total. The Hall–Kier alpha value is -2.38. The average molecular weight is 446 g/mol. The maximum Gasteiger partial charge on any atom is 0.248 e. The summed E-state index contributed by atoms with van der Waals surface area (Å²) in [6, 6.07) is 14.5. The molecule has 9 heteroatoms. The molecule has 150 valence electrons. The predicted octanol–water partition coefficient (Wildman–Crippen LogP) is 2.98. The van der Waals surface area contributed by atoms with E-state index in [1.807, 2.05) is 30.3 Å². The second-order valence-corrected chi connectivity index (χ2v) is 9.86. The smallest absolute Gasteiger partial charge is 0.248 e. The molecule has 0 atom stereocenters. The van der Waals surface area contributed by atoms with Crippen LogP contribution in [0.25, 0.3) is 10.2 Å². The number of rotatable bonds is 7. The van der Waals surface area contributed by atoms with Gasteiger partial charge in [-0.25, -0.2) is 13.6 Å². The summed E-state index contributed by atoms with van der Waals surface area (Å²) in [5.74, 6) is 3.13. The Balaban J connectivity index is 1.77. The lowest BCUT2D eigenvalue weighted by atomic mass is 10.3. The second-order valence-electron chi connectivity index (χ2n) is 6.12. The van der Waals surface area contributed by atoms with E-state index >= 15 is 0 Å². The first-order chi connectivity index (χ1) is 13.9. The van der Waals surface area contributed by atoms with E-state index in [0.29, 0.717) is 27.9 Å². The molecule has 2 aromatic carbocycles. The van der Waals surface area contributed by atoms with Crippen LogP contribution in [0.5, 0.6) is 0 Å². The summed E-state index contributed by atoms with van der Waals surface area (Å²) in [4.78, 5) is 18.2. The zero-order valence-electron chi connectivity index (χ0n) is 15.4. The number of thiazole rings is 1. The molecule has 0 bridgehead atoms. The van der Waals surface area contributed by atoms with E-state index in [1.165, 1.54) is 28.4 Å². The summed E-state index contributed by atoms with van der Waals surface area (Å²) < 4.78 is 25.5. The van der Waals surface area contributed by atoms with Crippen LogP contribution < -0.4 is 9.94 Å². The molecule has 1 heterocycles. The number of benzene rings is 2. The quantitative estimate of drug-likeness (QED) is 0.344. The zero-order chi connectivity index (χ0) is 20.9. The van der Waals surface area contributed by atoms with Gasteiger partial charge in [-0.1, -0.05) is 35.5 Å². The van der Waals surface area contributed by atoms with Crippen molar-refractivity contribution in [2.45, 2.75) is 29.2 Å². The maximum atomic E-state index is 12.3. The highest BCUT2D eigenvalue weighted by Gasteiger charge is 2.13. The number of carbonyl (C=O) groups excluding carboxylic acids is 1. The molecule has 0 saturated heterocycles. The lowest BCUT2D eigenvalue weighted by Crippen LogP contribution is -2.16. The van der Waals surface area contributed by atoms with E-state index < -0.39 is 10.0 Å². The lowest BCUT2D eigenvalue weighted by molar-refractivity contribution is -0.118. The van der Waals surface area contributed by atoms with Gasteiger partial charge >= 0.3 is 0 Å². The fourth-order valence-electron chi connectivity index (χ4n) is 2.65. The first-order valence-corrected chi connectivity index (χ1v) is 12.1. The van der Waals surface area contributed by atoms with Gasteiger partial charge in [0.2, 0.25) is 15.9 Å². The van der Waals surface area contributed by atoms with Crippen molar-refractivity contribution in [3.05, 3.63) is 53.3 Å². The molecule has 0 unspecified atom stereocenters. The van der Waals surface area contributed by atoms with Gasteiger partial charge in [0.1, 0.15) is 0 Å². The first-order valence-electron chi connectivity index (χ1n) is 8.73. The Labute approximate surface area is 177 Å². The van der Waals surface area contributed by atoms with Crippen molar-refractivity contribution in [3.63, 3.8) is 0 Å². The fourth-order valence-corrected chi connectivity index (χ4v) is 5.23. The number of aromatic nitrogens is 1. The van der Waals surface area contributed by atoms with Gasteiger partial charge in [0, 0.05) is 11.3 Å². The largest absolute Gasteiger partial charge is 0.305 e. The number of fused-ring (bicyclic) bond motifs is 1. The van der Waals surface area contributed by atoms with Crippen molar-refractivity contribution >= 4 is 49.2 Å². The van der Waals surface area contributed by atoms with Gasteiger partial charge in [0.25, 0.3) is 0 Å². The van der Waals surface area contributed by atoms with Crippen LogP contribution in [0.15, 0.2) is 63.3 Å². The van der Waals surface area contributed by atoms with Crippen LogP contribution in [0.2, 0.25) is 0 Å². The summed E-state index contributed by atoms with van der Waals surface area (Å²) >= 11 is 2.91. The van der Waals surface area contributed by atoms with Gasteiger partial charge in [0.05, 0.1) is 21.7 Å². The molecule has 1 aromatic heterocycles. The van der Waals surface area contributed by atoms with Crippen LogP contribution in [-0.2, 0) is 21.4 Å². The molecule has 0 spiro atoms. The van der Waals surface area contributed by atoms with Gasteiger partial charge < -0.3 is 4.57 Å². The number of terminal acetylenes is 1. The number of sulfonamides is 1. The molecule has 0 saturated carbocycles. The predicted molar refractivity (Wildman–Crippen MR) is 117 cm³/mol. The highest BCUT2D eigenvalue weighted by Crippen LogP contribution is 2.21.